The van der Waals surface area contributed by atoms with Crippen LogP contribution in [0, 0.1) is 11.3 Å². The average molecular weight is 348 g/mol. The minimum atomic E-state index is -0.563. The summed E-state index contributed by atoms with van der Waals surface area (Å²) < 4.78 is 0. The molecule has 0 spiro atoms. The van der Waals surface area contributed by atoms with E-state index in [-0.39, 0.29) is 15.7 Å². The molecule has 0 aliphatic heterocycles. The summed E-state index contributed by atoms with van der Waals surface area (Å²) in [7, 11) is 0. The smallest absolute Gasteiger partial charge is 0.233 e. The molecule has 0 bridgehead atoms. The van der Waals surface area contributed by atoms with Crippen molar-refractivity contribution in [2.24, 2.45) is 0 Å². The molecule has 0 saturated carbocycles. The van der Waals surface area contributed by atoms with Gasteiger partial charge in [-0.3, -0.25) is 9.59 Å². The van der Waals surface area contributed by atoms with Crippen molar-refractivity contribution in [3.8, 4) is 6.07 Å². The lowest BCUT2D eigenvalue weighted by Crippen LogP contribution is -2.22. The Morgan fingerprint density at radius 2 is 1.57 bits per heavy atom. The summed E-state index contributed by atoms with van der Waals surface area (Å²) in [6.07, 6.45) is -0.429. The maximum atomic E-state index is 11.9. The summed E-state index contributed by atoms with van der Waals surface area (Å²) >= 11 is 11.9. The van der Waals surface area contributed by atoms with E-state index in [1.54, 1.807) is 42.5 Å². The highest BCUT2D eigenvalue weighted by Gasteiger charge is 2.14. The number of hydrogen-bond acceptors (Lipinski definition) is 3. The Morgan fingerprint density at radius 1 is 0.957 bits per heavy atom. The van der Waals surface area contributed by atoms with Gasteiger partial charge in [-0.2, -0.15) is 5.26 Å². The molecule has 2 aromatic carbocycles. The SMILES string of the molecule is N#Cc1ccccc1NC(=O)CC(=O)Nc1c(Cl)cccc1Cl. The van der Waals surface area contributed by atoms with Gasteiger partial charge in [-0.25, -0.2) is 0 Å². The van der Waals surface area contributed by atoms with Crippen LogP contribution in [0.4, 0.5) is 11.4 Å². The minimum absolute atomic E-state index is 0.256. The van der Waals surface area contributed by atoms with Crippen LogP contribution in [0.2, 0.25) is 10.0 Å². The second-order valence-electron chi connectivity index (χ2n) is 4.53. The highest BCUT2D eigenvalue weighted by Crippen LogP contribution is 2.29. The van der Waals surface area contributed by atoms with E-state index in [1.165, 1.54) is 0 Å². The van der Waals surface area contributed by atoms with Crippen molar-refractivity contribution in [3.05, 3.63) is 58.1 Å². The van der Waals surface area contributed by atoms with E-state index >= 15 is 0 Å². The molecule has 0 aliphatic carbocycles. The van der Waals surface area contributed by atoms with E-state index in [0.29, 0.717) is 11.3 Å². The molecule has 0 aromatic heterocycles. The summed E-state index contributed by atoms with van der Waals surface area (Å²) in [6, 6.07) is 13.3. The van der Waals surface area contributed by atoms with Gasteiger partial charge in [0.25, 0.3) is 0 Å². The van der Waals surface area contributed by atoms with Crippen LogP contribution in [0.1, 0.15) is 12.0 Å². The zero-order chi connectivity index (χ0) is 16.8. The van der Waals surface area contributed by atoms with E-state index in [1.807, 2.05) is 6.07 Å². The molecule has 0 fully saturated rings. The van der Waals surface area contributed by atoms with E-state index in [9.17, 15) is 9.59 Å². The van der Waals surface area contributed by atoms with Crippen molar-refractivity contribution in [1.82, 2.24) is 0 Å². The predicted octanol–water partition coefficient (Wildman–Crippen LogP) is 3.83. The fourth-order valence-corrected chi connectivity index (χ4v) is 2.32. The normalized spacial score (nSPS) is 9.78. The second-order valence-corrected chi connectivity index (χ2v) is 5.34. The number of carbonyl (C=O) groups excluding carboxylic acids is 2. The van der Waals surface area contributed by atoms with Gasteiger partial charge in [0.15, 0.2) is 0 Å². The molecule has 116 valence electrons. The fraction of sp³-hybridized carbons (Fsp3) is 0.0625. The summed E-state index contributed by atoms with van der Waals surface area (Å²) in [5.74, 6) is -1.11. The quantitative estimate of drug-likeness (QED) is 0.824. The molecule has 2 aromatic rings. The first-order valence-electron chi connectivity index (χ1n) is 6.54. The summed E-state index contributed by atoms with van der Waals surface area (Å²) in [6.45, 7) is 0. The molecule has 0 unspecified atom stereocenters. The van der Waals surface area contributed by atoms with Crippen LogP contribution in [0.15, 0.2) is 42.5 Å². The van der Waals surface area contributed by atoms with E-state index in [2.05, 4.69) is 10.6 Å². The third-order valence-electron chi connectivity index (χ3n) is 2.87. The van der Waals surface area contributed by atoms with Crippen LogP contribution in [-0.2, 0) is 9.59 Å². The lowest BCUT2D eigenvalue weighted by Gasteiger charge is -2.10. The number of halogens is 2. The molecule has 0 saturated heterocycles. The first-order valence-corrected chi connectivity index (χ1v) is 7.29. The molecule has 0 atom stereocenters. The third kappa shape index (κ3) is 4.46. The largest absolute Gasteiger partial charge is 0.324 e. The molecular formula is C16H11Cl2N3O2. The highest BCUT2D eigenvalue weighted by molar-refractivity contribution is 6.39. The van der Waals surface area contributed by atoms with Crippen LogP contribution in [0.25, 0.3) is 0 Å². The number of para-hydroxylation sites is 2. The number of benzene rings is 2. The van der Waals surface area contributed by atoms with E-state index in [4.69, 9.17) is 28.5 Å². The maximum Gasteiger partial charge on any atom is 0.233 e. The summed E-state index contributed by atoms with van der Waals surface area (Å²) in [4.78, 5) is 23.8. The average Bonchev–Trinajstić information content (AvgIpc) is 2.51. The molecule has 5 nitrogen and oxygen atoms in total. The van der Waals surface area contributed by atoms with Crippen molar-refractivity contribution in [2.45, 2.75) is 6.42 Å². The van der Waals surface area contributed by atoms with Crippen LogP contribution >= 0.6 is 23.2 Å². The van der Waals surface area contributed by atoms with Gasteiger partial charge in [0, 0.05) is 0 Å². The van der Waals surface area contributed by atoms with Gasteiger partial charge >= 0.3 is 0 Å². The zero-order valence-electron chi connectivity index (χ0n) is 11.8. The van der Waals surface area contributed by atoms with Crippen LogP contribution in [0.3, 0.4) is 0 Å². The minimum Gasteiger partial charge on any atom is -0.324 e. The van der Waals surface area contributed by atoms with Crippen LogP contribution in [0.5, 0.6) is 0 Å². The Hall–Kier alpha value is -2.55. The lowest BCUT2D eigenvalue weighted by atomic mass is 10.2. The topological polar surface area (TPSA) is 82.0 Å². The zero-order valence-corrected chi connectivity index (χ0v) is 13.3. The standard InChI is InChI=1S/C16H11Cl2N3O2/c17-11-5-3-6-12(18)16(11)21-15(23)8-14(22)20-13-7-2-1-4-10(13)9-19/h1-7H,8H2,(H,20,22)(H,21,23). The number of amides is 2. The van der Waals surface area contributed by atoms with Crippen LogP contribution < -0.4 is 10.6 Å². The van der Waals surface area contributed by atoms with Gasteiger partial charge < -0.3 is 10.6 Å². The maximum absolute atomic E-state index is 11.9. The first-order chi connectivity index (χ1) is 11.0. The van der Waals surface area contributed by atoms with Gasteiger partial charge in [0.1, 0.15) is 12.5 Å². The fourth-order valence-electron chi connectivity index (χ4n) is 1.83. The van der Waals surface area contributed by atoms with Gasteiger partial charge in [-0.15, -0.1) is 0 Å². The second kappa shape index (κ2) is 7.63. The van der Waals surface area contributed by atoms with Gasteiger partial charge in [-0.1, -0.05) is 41.4 Å². The number of nitrogens with one attached hydrogen (secondary N) is 2. The molecular weight excluding hydrogens is 337 g/mol. The molecule has 2 N–H and O–H groups in total. The molecule has 0 aliphatic rings. The Bertz CT molecular complexity index is 780. The van der Waals surface area contributed by atoms with E-state index in [0.717, 1.165) is 0 Å². The van der Waals surface area contributed by atoms with Crippen molar-refractivity contribution in [2.75, 3.05) is 10.6 Å². The van der Waals surface area contributed by atoms with Crippen molar-refractivity contribution in [1.29, 1.82) is 5.26 Å². The number of anilines is 2. The third-order valence-corrected chi connectivity index (χ3v) is 3.50. The Balaban J connectivity index is 2.01. The Kier molecular flexibility index (Phi) is 5.58. The number of nitrogens with zero attached hydrogens (tertiary/aromatic N) is 1. The molecule has 0 radical (unpaired) electrons. The highest BCUT2D eigenvalue weighted by atomic mass is 35.5. The Labute approximate surface area is 142 Å². The summed E-state index contributed by atoms with van der Waals surface area (Å²) in [5.41, 5.74) is 0.921. The predicted molar refractivity (Wildman–Crippen MR) is 89.5 cm³/mol. The molecule has 0 heterocycles. The van der Waals surface area contributed by atoms with Crippen molar-refractivity contribution >= 4 is 46.4 Å². The van der Waals surface area contributed by atoms with Gasteiger partial charge in [0.2, 0.25) is 11.8 Å². The first kappa shape index (κ1) is 16.8. The molecule has 23 heavy (non-hydrogen) atoms. The number of nitriles is 1. The number of hydrogen-bond donors (Lipinski definition) is 2. The summed E-state index contributed by atoms with van der Waals surface area (Å²) in [5, 5.41) is 14.5. The molecule has 2 amide bonds. The van der Waals surface area contributed by atoms with E-state index < -0.39 is 18.2 Å². The Morgan fingerprint density at radius 3 is 2.22 bits per heavy atom. The molecule has 7 heteroatoms. The van der Waals surface area contributed by atoms with Crippen molar-refractivity contribution < 1.29 is 9.59 Å². The number of rotatable bonds is 4. The molecule has 2 rings (SSSR count). The van der Waals surface area contributed by atoms with Gasteiger partial charge in [-0.05, 0) is 24.3 Å². The lowest BCUT2D eigenvalue weighted by molar-refractivity contribution is -0.123. The number of carbonyl (C=O) groups is 2. The van der Waals surface area contributed by atoms with Crippen molar-refractivity contribution in [3.63, 3.8) is 0 Å². The monoisotopic (exact) mass is 347 g/mol. The van der Waals surface area contributed by atoms with Gasteiger partial charge in [0.05, 0.1) is 27.0 Å². The van der Waals surface area contributed by atoms with Crippen LogP contribution in [-0.4, -0.2) is 11.8 Å².